The zero-order chi connectivity index (χ0) is 12.8. The summed E-state index contributed by atoms with van der Waals surface area (Å²) in [6.45, 7) is 8.10. The Hall–Kier alpha value is -2.02. The predicted octanol–water partition coefficient (Wildman–Crippen LogP) is 2.55. The maximum Gasteiger partial charge on any atom is 0.201 e. The molecular formula is C13H16N4. The van der Waals surface area contributed by atoms with Crippen molar-refractivity contribution in [2.24, 2.45) is 0 Å². The van der Waals surface area contributed by atoms with Crippen LogP contribution in [0.5, 0.6) is 0 Å². The lowest BCUT2D eigenvalue weighted by molar-refractivity contribution is 0.414. The van der Waals surface area contributed by atoms with Crippen LogP contribution >= 0.6 is 0 Å². The Morgan fingerprint density at radius 3 is 2.53 bits per heavy atom. The van der Waals surface area contributed by atoms with Gasteiger partial charge in [0.1, 0.15) is 0 Å². The number of nitriles is 1. The Morgan fingerprint density at radius 1 is 1.35 bits per heavy atom. The van der Waals surface area contributed by atoms with Crippen LogP contribution in [-0.4, -0.2) is 9.55 Å². The summed E-state index contributed by atoms with van der Waals surface area (Å²) in [6.07, 6.45) is 0. The molecule has 0 aliphatic carbocycles. The van der Waals surface area contributed by atoms with E-state index in [4.69, 9.17) is 11.0 Å². The number of nitrogens with two attached hydrogens (primary N) is 1. The minimum atomic E-state index is -0.152. The van der Waals surface area contributed by atoms with Crippen LogP contribution in [0.15, 0.2) is 12.1 Å². The quantitative estimate of drug-likeness (QED) is 0.753. The molecule has 0 aliphatic rings. The molecule has 88 valence electrons. The number of benzene rings is 1. The summed E-state index contributed by atoms with van der Waals surface area (Å²) in [5, 5.41) is 9.07. The molecule has 0 saturated heterocycles. The van der Waals surface area contributed by atoms with Crippen LogP contribution in [0.3, 0.4) is 0 Å². The van der Waals surface area contributed by atoms with Crippen molar-refractivity contribution in [3.8, 4) is 6.07 Å². The van der Waals surface area contributed by atoms with E-state index < -0.39 is 0 Å². The molecule has 1 aromatic heterocycles. The first kappa shape index (κ1) is 11.5. The molecule has 2 rings (SSSR count). The standard InChI is InChI=1S/C13H16N4/c1-8-5-10-11(6-9(8)7-14)17(12(15)16-10)13(2,3)4/h5-6H,1-4H3,(H2,15,16). The third kappa shape index (κ3) is 1.74. The van der Waals surface area contributed by atoms with Gasteiger partial charge >= 0.3 is 0 Å². The van der Waals surface area contributed by atoms with Crippen molar-refractivity contribution in [1.29, 1.82) is 5.26 Å². The molecule has 4 heteroatoms. The molecule has 2 N–H and O–H groups in total. The number of hydrogen-bond acceptors (Lipinski definition) is 3. The first-order chi connectivity index (χ1) is 7.84. The molecule has 0 aliphatic heterocycles. The first-order valence-electron chi connectivity index (χ1n) is 5.54. The molecule has 0 spiro atoms. The van der Waals surface area contributed by atoms with Gasteiger partial charge in [-0.15, -0.1) is 0 Å². The lowest BCUT2D eigenvalue weighted by Gasteiger charge is -2.23. The van der Waals surface area contributed by atoms with E-state index in [0.29, 0.717) is 11.5 Å². The normalized spacial score (nSPS) is 11.7. The van der Waals surface area contributed by atoms with Gasteiger partial charge in [-0.3, -0.25) is 0 Å². The van der Waals surface area contributed by atoms with Crippen LogP contribution in [0, 0.1) is 18.3 Å². The van der Waals surface area contributed by atoms with E-state index in [1.165, 1.54) is 0 Å². The summed E-state index contributed by atoms with van der Waals surface area (Å²) < 4.78 is 1.96. The predicted molar refractivity (Wildman–Crippen MR) is 68.6 cm³/mol. The fourth-order valence-electron chi connectivity index (χ4n) is 2.07. The second-order valence-corrected chi connectivity index (χ2v) is 5.24. The molecule has 0 radical (unpaired) electrons. The lowest BCUT2D eigenvalue weighted by atomic mass is 10.1. The van der Waals surface area contributed by atoms with Crippen LogP contribution in [0.1, 0.15) is 31.9 Å². The average Bonchev–Trinajstić information content (AvgIpc) is 2.50. The molecule has 0 saturated carbocycles. The fraction of sp³-hybridized carbons (Fsp3) is 0.385. The highest BCUT2D eigenvalue weighted by molar-refractivity contribution is 5.81. The topological polar surface area (TPSA) is 67.6 Å². The van der Waals surface area contributed by atoms with Gasteiger partial charge in [-0.05, 0) is 45.4 Å². The Balaban J connectivity index is 2.87. The zero-order valence-electron chi connectivity index (χ0n) is 10.6. The Bertz CT molecular complexity index is 623. The number of anilines is 1. The molecule has 4 nitrogen and oxygen atoms in total. The summed E-state index contributed by atoms with van der Waals surface area (Å²) in [5.41, 5.74) is 9.15. The van der Waals surface area contributed by atoms with E-state index in [1.54, 1.807) is 0 Å². The Morgan fingerprint density at radius 2 is 2.00 bits per heavy atom. The van der Waals surface area contributed by atoms with Crippen molar-refractivity contribution in [3.05, 3.63) is 23.3 Å². The van der Waals surface area contributed by atoms with Gasteiger partial charge in [0.15, 0.2) is 0 Å². The maximum atomic E-state index is 9.07. The average molecular weight is 228 g/mol. The monoisotopic (exact) mass is 228 g/mol. The van der Waals surface area contributed by atoms with Gasteiger partial charge in [0.25, 0.3) is 0 Å². The number of nitrogens with zero attached hydrogens (tertiary/aromatic N) is 3. The number of fused-ring (bicyclic) bond motifs is 1. The molecule has 0 unspecified atom stereocenters. The molecule has 17 heavy (non-hydrogen) atoms. The lowest BCUT2D eigenvalue weighted by Crippen LogP contribution is -2.23. The molecule has 1 heterocycles. The van der Waals surface area contributed by atoms with E-state index in [-0.39, 0.29) is 5.54 Å². The SMILES string of the molecule is Cc1cc2nc(N)n(C(C)(C)C)c2cc1C#N. The van der Waals surface area contributed by atoms with Crippen molar-refractivity contribution in [2.75, 3.05) is 5.73 Å². The second-order valence-electron chi connectivity index (χ2n) is 5.24. The Kier molecular flexibility index (Phi) is 2.35. The number of aryl methyl sites for hydroxylation is 1. The first-order valence-corrected chi connectivity index (χ1v) is 5.54. The van der Waals surface area contributed by atoms with Crippen molar-refractivity contribution >= 4 is 17.0 Å². The minimum absolute atomic E-state index is 0.152. The largest absolute Gasteiger partial charge is 0.369 e. The van der Waals surface area contributed by atoms with E-state index in [2.05, 4.69) is 31.8 Å². The fourth-order valence-corrected chi connectivity index (χ4v) is 2.07. The Labute approximate surface area is 101 Å². The maximum absolute atomic E-state index is 9.07. The van der Waals surface area contributed by atoms with Crippen LogP contribution in [0.2, 0.25) is 0 Å². The van der Waals surface area contributed by atoms with Gasteiger partial charge in [0.05, 0.1) is 22.7 Å². The van der Waals surface area contributed by atoms with E-state index in [0.717, 1.165) is 16.6 Å². The van der Waals surface area contributed by atoms with Crippen molar-refractivity contribution in [3.63, 3.8) is 0 Å². The highest BCUT2D eigenvalue weighted by Crippen LogP contribution is 2.28. The van der Waals surface area contributed by atoms with Gasteiger partial charge in [0, 0.05) is 5.54 Å². The molecule has 0 atom stereocenters. The van der Waals surface area contributed by atoms with Crippen LogP contribution in [-0.2, 0) is 5.54 Å². The molecule has 0 amide bonds. The van der Waals surface area contributed by atoms with Gasteiger partial charge in [0.2, 0.25) is 5.95 Å². The second kappa shape index (κ2) is 3.49. The molecule has 0 fully saturated rings. The van der Waals surface area contributed by atoms with E-state index >= 15 is 0 Å². The van der Waals surface area contributed by atoms with Crippen molar-refractivity contribution < 1.29 is 0 Å². The number of rotatable bonds is 0. The molecular weight excluding hydrogens is 212 g/mol. The summed E-state index contributed by atoms with van der Waals surface area (Å²) in [6, 6.07) is 5.96. The van der Waals surface area contributed by atoms with Gasteiger partial charge < -0.3 is 10.3 Å². The van der Waals surface area contributed by atoms with Crippen molar-refractivity contribution in [1.82, 2.24) is 9.55 Å². The summed E-state index contributed by atoms with van der Waals surface area (Å²) in [7, 11) is 0. The van der Waals surface area contributed by atoms with E-state index in [9.17, 15) is 0 Å². The third-order valence-corrected chi connectivity index (χ3v) is 2.82. The number of nitrogen functional groups attached to an aromatic ring is 1. The van der Waals surface area contributed by atoms with Crippen LogP contribution < -0.4 is 5.73 Å². The minimum Gasteiger partial charge on any atom is -0.369 e. The van der Waals surface area contributed by atoms with Gasteiger partial charge in [-0.1, -0.05) is 0 Å². The number of hydrogen-bond donors (Lipinski definition) is 1. The van der Waals surface area contributed by atoms with Crippen molar-refractivity contribution in [2.45, 2.75) is 33.2 Å². The highest BCUT2D eigenvalue weighted by Gasteiger charge is 2.20. The van der Waals surface area contributed by atoms with Gasteiger partial charge in [-0.2, -0.15) is 5.26 Å². The zero-order valence-corrected chi connectivity index (χ0v) is 10.6. The van der Waals surface area contributed by atoms with Crippen LogP contribution in [0.25, 0.3) is 11.0 Å². The molecule has 2 aromatic rings. The smallest absolute Gasteiger partial charge is 0.201 e. The summed E-state index contributed by atoms with van der Waals surface area (Å²) >= 11 is 0. The third-order valence-electron chi connectivity index (χ3n) is 2.82. The summed E-state index contributed by atoms with van der Waals surface area (Å²) in [5.74, 6) is 0.488. The number of imidazole rings is 1. The van der Waals surface area contributed by atoms with Crippen LogP contribution in [0.4, 0.5) is 5.95 Å². The summed E-state index contributed by atoms with van der Waals surface area (Å²) in [4.78, 5) is 4.35. The van der Waals surface area contributed by atoms with E-state index in [1.807, 2.05) is 23.6 Å². The highest BCUT2D eigenvalue weighted by atomic mass is 15.2. The van der Waals surface area contributed by atoms with Gasteiger partial charge in [-0.25, -0.2) is 4.98 Å². The molecule has 1 aromatic carbocycles. The molecule has 0 bridgehead atoms. The number of aromatic nitrogens is 2.